The van der Waals surface area contributed by atoms with Gasteiger partial charge in [0, 0.05) is 31.4 Å². The number of fused-ring (bicyclic) bond motifs is 1. The molecule has 0 spiro atoms. The van der Waals surface area contributed by atoms with Crippen LogP contribution in [-0.4, -0.2) is 26.4 Å². The molecule has 6 nitrogen and oxygen atoms in total. The summed E-state index contributed by atoms with van der Waals surface area (Å²) < 4.78 is 7.80. The van der Waals surface area contributed by atoms with Crippen LogP contribution in [0.2, 0.25) is 0 Å². The van der Waals surface area contributed by atoms with Crippen molar-refractivity contribution in [3.63, 3.8) is 0 Å². The number of aromatic nitrogens is 2. The number of hydrogen-bond acceptors (Lipinski definition) is 4. The Hall–Kier alpha value is -3.41. The summed E-state index contributed by atoms with van der Waals surface area (Å²) in [5, 5.41) is 9.35. The van der Waals surface area contributed by atoms with Crippen LogP contribution < -0.4 is 4.74 Å². The van der Waals surface area contributed by atoms with Gasteiger partial charge in [-0.15, -0.1) is 0 Å². The second-order valence-corrected chi connectivity index (χ2v) is 9.09. The molecule has 0 fully saturated rings. The highest BCUT2D eigenvalue weighted by atomic mass is 16.5. The van der Waals surface area contributed by atoms with Crippen molar-refractivity contribution in [1.29, 1.82) is 0 Å². The fourth-order valence-corrected chi connectivity index (χ4v) is 4.41. The van der Waals surface area contributed by atoms with Crippen LogP contribution in [0.15, 0.2) is 54.9 Å². The zero-order valence-corrected chi connectivity index (χ0v) is 18.7. The first kappa shape index (κ1) is 21.8. The molecular formula is C26H28N2O4. The minimum absolute atomic E-state index is 0.0121. The summed E-state index contributed by atoms with van der Waals surface area (Å²) in [6.07, 6.45) is 4.91. The number of carboxylic acid groups (broad SMARTS) is 1. The van der Waals surface area contributed by atoms with Gasteiger partial charge in [-0.2, -0.15) is 0 Å². The first-order valence-electron chi connectivity index (χ1n) is 10.8. The first-order valence-corrected chi connectivity index (χ1v) is 10.8. The lowest BCUT2D eigenvalue weighted by Crippen LogP contribution is -2.27. The van der Waals surface area contributed by atoms with E-state index in [2.05, 4.69) is 24.9 Å². The maximum atomic E-state index is 12.4. The number of benzene rings is 2. The molecule has 0 bridgehead atoms. The first-order chi connectivity index (χ1) is 15.2. The molecule has 0 radical (unpaired) electrons. The van der Waals surface area contributed by atoms with Gasteiger partial charge in [0.25, 0.3) is 0 Å². The minimum Gasteiger partial charge on any atom is -0.489 e. The van der Waals surface area contributed by atoms with Crippen molar-refractivity contribution in [2.45, 2.75) is 51.0 Å². The fourth-order valence-electron chi connectivity index (χ4n) is 4.41. The van der Waals surface area contributed by atoms with Gasteiger partial charge in [-0.05, 0) is 46.7 Å². The molecule has 6 heteroatoms. The van der Waals surface area contributed by atoms with E-state index in [1.807, 2.05) is 54.2 Å². The van der Waals surface area contributed by atoms with Crippen molar-refractivity contribution in [3.8, 4) is 5.75 Å². The highest BCUT2D eigenvalue weighted by molar-refractivity contribution is 5.99. The van der Waals surface area contributed by atoms with Gasteiger partial charge >= 0.3 is 5.97 Å². The molecule has 1 unspecified atom stereocenters. The maximum absolute atomic E-state index is 12.4. The van der Waals surface area contributed by atoms with Crippen molar-refractivity contribution in [2.24, 2.45) is 7.05 Å². The Labute approximate surface area is 187 Å². The lowest BCUT2D eigenvalue weighted by Gasteiger charge is -2.31. The molecule has 1 N–H and O–H groups in total. The number of ether oxygens (including phenoxy) is 1. The lowest BCUT2D eigenvalue weighted by molar-refractivity contribution is -0.137. The number of aryl methyl sites for hydroxylation is 1. The van der Waals surface area contributed by atoms with E-state index in [1.54, 1.807) is 6.20 Å². The number of rotatable bonds is 7. The van der Waals surface area contributed by atoms with Crippen LogP contribution in [-0.2, 0) is 23.9 Å². The number of carbonyl (C=O) groups excluding carboxylic acids is 1. The number of carboxylic acids is 1. The average Bonchev–Trinajstić information content (AvgIpc) is 3.19. The topological polar surface area (TPSA) is 81.4 Å². The predicted octanol–water partition coefficient (Wildman–Crippen LogP) is 4.86. The van der Waals surface area contributed by atoms with E-state index in [9.17, 15) is 14.7 Å². The molecule has 0 amide bonds. The van der Waals surface area contributed by atoms with Crippen molar-refractivity contribution in [1.82, 2.24) is 9.55 Å². The smallest absolute Gasteiger partial charge is 0.304 e. The molecule has 2 aromatic carbocycles. The van der Waals surface area contributed by atoms with Crippen LogP contribution in [0.25, 0.3) is 0 Å². The monoisotopic (exact) mass is 432 g/mol. The Bertz CT molecular complexity index is 1140. The summed E-state index contributed by atoms with van der Waals surface area (Å²) >= 11 is 0. The Balaban J connectivity index is 1.48. The van der Waals surface area contributed by atoms with Gasteiger partial charge in [0.15, 0.2) is 5.78 Å². The summed E-state index contributed by atoms with van der Waals surface area (Å²) in [6.45, 7) is 4.72. The zero-order valence-electron chi connectivity index (χ0n) is 18.7. The van der Waals surface area contributed by atoms with Gasteiger partial charge in [0.2, 0.25) is 0 Å². The normalized spacial score (nSPS) is 15.8. The molecule has 3 aromatic rings. The molecule has 0 saturated heterocycles. The summed E-state index contributed by atoms with van der Waals surface area (Å²) in [6, 6.07) is 13.5. The van der Waals surface area contributed by atoms with Gasteiger partial charge in [0.1, 0.15) is 18.2 Å². The van der Waals surface area contributed by atoms with E-state index < -0.39 is 5.97 Å². The molecule has 1 aliphatic carbocycles. The van der Waals surface area contributed by atoms with E-state index >= 15 is 0 Å². The van der Waals surface area contributed by atoms with E-state index in [0.717, 1.165) is 28.7 Å². The number of aliphatic carboxylic acids is 1. The van der Waals surface area contributed by atoms with Gasteiger partial charge in [0.05, 0.1) is 12.3 Å². The highest BCUT2D eigenvalue weighted by Gasteiger charge is 2.31. The molecule has 0 saturated carbocycles. The molecule has 1 heterocycles. The quantitative estimate of drug-likeness (QED) is 0.577. The van der Waals surface area contributed by atoms with E-state index in [1.165, 1.54) is 0 Å². The summed E-state index contributed by atoms with van der Waals surface area (Å²) in [5.74, 6) is 0.388. The van der Waals surface area contributed by atoms with Crippen LogP contribution in [0.1, 0.15) is 71.9 Å². The van der Waals surface area contributed by atoms with Crippen LogP contribution in [0.5, 0.6) is 5.75 Å². The Morgan fingerprint density at radius 1 is 1.22 bits per heavy atom. The van der Waals surface area contributed by atoms with Crippen molar-refractivity contribution in [2.75, 3.05) is 0 Å². The molecule has 4 rings (SSSR count). The maximum Gasteiger partial charge on any atom is 0.304 e. The van der Waals surface area contributed by atoms with Gasteiger partial charge < -0.3 is 14.4 Å². The van der Waals surface area contributed by atoms with Crippen molar-refractivity contribution >= 4 is 11.8 Å². The number of nitrogens with zero attached hydrogens (tertiary/aromatic N) is 2. The molecule has 1 aromatic heterocycles. The summed E-state index contributed by atoms with van der Waals surface area (Å²) in [7, 11) is 1.86. The minimum atomic E-state index is -0.872. The third kappa shape index (κ3) is 4.44. The van der Waals surface area contributed by atoms with Gasteiger partial charge in [-0.1, -0.05) is 38.1 Å². The van der Waals surface area contributed by atoms with Crippen LogP contribution in [0, 0.1) is 0 Å². The zero-order chi connectivity index (χ0) is 22.9. The SMILES string of the molecule is Cn1ccnc1C(CC(=O)O)c1ccc(OCc2ccc3c(c2)C(=O)CCC3(C)C)cc1. The van der Waals surface area contributed by atoms with Crippen molar-refractivity contribution < 1.29 is 19.4 Å². The lowest BCUT2D eigenvalue weighted by atomic mass is 9.72. The molecule has 32 heavy (non-hydrogen) atoms. The second kappa shape index (κ2) is 8.61. The second-order valence-electron chi connectivity index (χ2n) is 9.09. The standard InChI is InChI=1S/C26H28N2O4/c1-26(2)11-10-23(29)21-14-17(4-9-22(21)26)16-32-19-7-5-18(6-8-19)20(15-24(30)31)25-27-12-13-28(25)3/h4-9,12-14,20H,10-11,15-16H2,1-3H3,(H,30,31). The number of carbonyl (C=O) groups is 2. The predicted molar refractivity (Wildman–Crippen MR) is 121 cm³/mol. The number of Topliss-reactive ketones (excluding diaryl/α,β-unsaturated/α-hetero) is 1. The Kier molecular flexibility index (Phi) is 5.87. The van der Waals surface area contributed by atoms with E-state index in [4.69, 9.17) is 4.74 Å². The molecule has 0 aliphatic heterocycles. The third-order valence-electron chi connectivity index (χ3n) is 6.33. The van der Waals surface area contributed by atoms with Crippen molar-refractivity contribution in [3.05, 3.63) is 82.9 Å². The number of hydrogen-bond donors (Lipinski definition) is 1. The molecule has 1 atom stereocenters. The average molecular weight is 433 g/mol. The van der Waals surface area contributed by atoms with Crippen LogP contribution in [0.3, 0.4) is 0 Å². The van der Waals surface area contributed by atoms with Gasteiger partial charge in [-0.25, -0.2) is 4.98 Å². The Morgan fingerprint density at radius 2 is 1.97 bits per heavy atom. The Morgan fingerprint density at radius 3 is 2.62 bits per heavy atom. The highest BCUT2D eigenvalue weighted by Crippen LogP contribution is 2.37. The number of imidazole rings is 1. The number of ketones is 1. The van der Waals surface area contributed by atoms with Crippen LogP contribution >= 0.6 is 0 Å². The van der Waals surface area contributed by atoms with E-state index in [0.29, 0.717) is 24.6 Å². The van der Waals surface area contributed by atoms with Gasteiger partial charge in [-0.3, -0.25) is 9.59 Å². The molecular weight excluding hydrogens is 404 g/mol. The molecule has 166 valence electrons. The largest absolute Gasteiger partial charge is 0.489 e. The third-order valence-corrected chi connectivity index (χ3v) is 6.33. The van der Waals surface area contributed by atoms with E-state index in [-0.39, 0.29) is 23.5 Å². The summed E-state index contributed by atoms with van der Waals surface area (Å²) in [5.41, 5.74) is 3.76. The van der Waals surface area contributed by atoms with Crippen LogP contribution in [0.4, 0.5) is 0 Å². The fraction of sp³-hybridized carbons (Fsp3) is 0.346. The molecule has 1 aliphatic rings. The summed E-state index contributed by atoms with van der Waals surface area (Å²) in [4.78, 5) is 28.1.